The van der Waals surface area contributed by atoms with Gasteiger partial charge in [0.2, 0.25) is 0 Å². The normalized spacial score (nSPS) is 31.1. The molecule has 1 aromatic heterocycles. The monoisotopic (exact) mass is 294 g/mol. The maximum atomic E-state index is 5.03. The number of para-hydroxylation sites is 2. The predicted octanol–water partition coefficient (Wildman–Crippen LogP) is 4.31. The highest BCUT2D eigenvalue weighted by atomic mass is 15.1. The van der Waals surface area contributed by atoms with Crippen molar-refractivity contribution >= 4 is 18.9 Å². The van der Waals surface area contributed by atoms with Crippen LogP contribution in [0.25, 0.3) is 11.0 Å². The number of nitrogens with zero attached hydrogens (tertiary/aromatic N) is 2. The van der Waals surface area contributed by atoms with Crippen molar-refractivity contribution in [3.8, 4) is 0 Å². The Kier molecular flexibility index (Phi) is 3.18. The van der Waals surface area contributed by atoms with E-state index in [0.29, 0.717) is 16.6 Å². The molecule has 0 bridgehead atoms. The van der Waals surface area contributed by atoms with Gasteiger partial charge in [0.05, 0.1) is 11.0 Å². The number of aryl methyl sites for hydroxylation is 1. The summed E-state index contributed by atoms with van der Waals surface area (Å²) in [7, 11) is 2.54. The topological polar surface area (TPSA) is 17.8 Å². The van der Waals surface area contributed by atoms with Gasteiger partial charge in [-0.1, -0.05) is 45.2 Å². The van der Waals surface area contributed by atoms with Gasteiger partial charge in [0.25, 0.3) is 0 Å². The highest BCUT2D eigenvalue weighted by Crippen LogP contribution is 2.56. The number of hydrogen-bond donors (Lipinski definition) is 0. The van der Waals surface area contributed by atoms with Crippen LogP contribution in [0.5, 0.6) is 0 Å². The Hall–Kier alpha value is -1.25. The van der Waals surface area contributed by atoms with Gasteiger partial charge >= 0.3 is 0 Å². The summed E-state index contributed by atoms with van der Waals surface area (Å²) in [6.07, 6.45) is 8.12. The molecule has 116 valence electrons. The first-order valence-corrected chi connectivity index (χ1v) is 8.94. The van der Waals surface area contributed by atoms with E-state index in [-0.39, 0.29) is 0 Å². The lowest BCUT2D eigenvalue weighted by atomic mass is 9.55. The van der Waals surface area contributed by atoms with Gasteiger partial charge in [0.1, 0.15) is 13.7 Å². The second kappa shape index (κ2) is 4.87. The van der Waals surface area contributed by atoms with Crippen molar-refractivity contribution in [1.29, 1.82) is 0 Å². The standard InChI is InChI=1S/C19H27BN2/c1-18(2)9-5-10-19(20,12-11-18)14-8-13-22-16-7-4-3-6-15(16)21-17(14)22/h3-4,6-7,14H,5,8-13,20H2,1-2H3/t14?,19-/m1/s1. The molecule has 1 aliphatic carbocycles. The second-order valence-electron chi connectivity index (χ2n) is 8.62. The van der Waals surface area contributed by atoms with Crippen molar-refractivity contribution in [2.45, 2.75) is 70.1 Å². The first-order chi connectivity index (χ1) is 10.5. The van der Waals surface area contributed by atoms with Gasteiger partial charge in [-0.3, -0.25) is 0 Å². The van der Waals surface area contributed by atoms with Crippen LogP contribution in [0.15, 0.2) is 24.3 Å². The molecule has 0 radical (unpaired) electrons. The van der Waals surface area contributed by atoms with Crippen LogP contribution in [0.4, 0.5) is 0 Å². The van der Waals surface area contributed by atoms with Crippen LogP contribution < -0.4 is 0 Å². The van der Waals surface area contributed by atoms with Crippen molar-refractivity contribution in [3.05, 3.63) is 30.1 Å². The number of rotatable bonds is 1. The number of hydrogen-bond acceptors (Lipinski definition) is 1. The molecule has 22 heavy (non-hydrogen) atoms. The number of fused-ring (bicyclic) bond motifs is 3. The molecule has 2 nitrogen and oxygen atoms in total. The molecule has 1 fully saturated rings. The molecular formula is C19H27BN2. The Morgan fingerprint density at radius 3 is 2.82 bits per heavy atom. The summed E-state index contributed by atoms with van der Waals surface area (Å²) in [4.78, 5) is 5.03. The van der Waals surface area contributed by atoms with E-state index in [1.807, 2.05) is 0 Å². The average molecular weight is 294 g/mol. The minimum Gasteiger partial charge on any atom is -0.328 e. The fraction of sp³-hybridized carbons (Fsp3) is 0.632. The molecular weight excluding hydrogens is 267 g/mol. The maximum absolute atomic E-state index is 5.03. The van der Waals surface area contributed by atoms with Crippen molar-refractivity contribution < 1.29 is 0 Å². The third kappa shape index (κ3) is 2.21. The lowest BCUT2D eigenvalue weighted by Gasteiger charge is -2.34. The molecule has 2 heterocycles. The van der Waals surface area contributed by atoms with Crippen LogP contribution in [0.1, 0.15) is 64.1 Å². The summed E-state index contributed by atoms with van der Waals surface area (Å²) >= 11 is 0. The van der Waals surface area contributed by atoms with Gasteiger partial charge in [-0.2, -0.15) is 0 Å². The lowest BCUT2D eigenvalue weighted by molar-refractivity contribution is 0.303. The number of imidazole rings is 1. The largest absolute Gasteiger partial charge is 0.328 e. The van der Waals surface area contributed by atoms with Crippen molar-refractivity contribution in [2.24, 2.45) is 5.41 Å². The molecule has 2 atom stereocenters. The molecule has 2 aliphatic rings. The Bertz CT molecular complexity index is 703. The number of aromatic nitrogens is 2. The Balaban J connectivity index is 1.70. The quantitative estimate of drug-likeness (QED) is 0.566. The van der Waals surface area contributed by atoms with E-state index in [1.165, 1.54) is 55.4 Å². The van der Waals surface area contributed by atoms with Gasteiger partial charge in [0.15, 0.2) is 0 Å². The Morgan fingerprint density at radius 1 is 1.14 bits per heavy atom. The summed E-state index contributed by atoms with van der Waals surface area (Å²) in [6, 6.07) is 8.64. The maximum Gasteiger partial charge on any atom is 0.112 e. The highest BCUT2D eigenvalue weighted by molar-refractivity contribution is 6.16. The van der Waals surface area contributed by atoms with E-state index in [1.54, 1.807) is 0 Å². The second-order valence-corrected chi connectivity index (χ2v) is 8.62. The van der Waals surface area contributed by atoms with E-state index < -0.39 is 0 Å². The van der Waals surface area contributed by atoms with Gasteiger partial charge in [-0.25, -0.2) is 4.98 Å². The van der Waals surface area contributed by atoms with E-state index in [9.17, 15) is 0 Å². The summed E-state index contributed by atoms with van der Waals surface area (Å²) in [5.41, 5.74) is 3.04. The van der Waals surface area contributed by atoms with E-state index in [0.717, 1.165) is 6.54 Å². The van der Waals surface area contributed by atoms with Crippen LogP contribution >= 0.6 is 0 Å². The molecule has 3 heteroatoms. The van der Waals surface area contributed by atoms with Gasteiger partial charge in [-0.15, -0.1) is 0 Å². The molecule has 1 saturated carbocycles. The fourth-order valence-electron chi connectivity index (χ4n) is 4.84. The number of benzene rings is 1. The Morgan fingerprint density at radius 2 is 1.95 bits per heavy atom. The summed E-state index contributed by atoms with van der Waals surface area (Å²) in [5, 5.41) is 0.434. The molecule has 1 aliphatic heterocycles. The van der Waals surface area contributed by atoms with Crippen molar-refractivity contribution in [3.63, 3.8) is 0 Å². The van der Waals surface area contributed by atoms with Crippen molar-refractivity contribution in [1.82, 2.24) is 9.55 Å². The molecule has 0 amide bonds. The van der Waals surface area contributed by atoms with Gasteiger partial charge < -0.3 is 4.57 Å². The molecule has 1 unspecified atom stereocenters. The van der Waals surface area contributed by atoms with E-state index in [2.05, 4.69) is 50.5 Å². The molecule has 0 spiro atoms. The van der Waals surface area contributed by atoms with Crippen LogP contribution in [-0.4, -0.2) is 17.4 Å². The van der Waals surface area contributed by atoms with Crippen molar-refractivity contribution in [2.75, 3.05) is 0 Å². The molecule has 0 saturated heterocycles. The van der Waals surface area contributed by atoms with Crippen LogP contribution in [0.2, 0.25) is 5.31 Å². The minimum atomic E-state index is 0.434. The molecule has 1 aromatic carbocycles. The first kappa shape index (κ1) is 14.4. The SMILES string of the molecule is B[C@]1(C2CCn3c2nc2ccccc23)CCCC(C)(C)CC1. The third-order valence-electron chi connectivity index (χ3n) is 6.45. The molecule has 2 aromatic rings. The van der Waals surface area contributed by atoms with Crippen LogP contribution in [0.3, 0.4) is 0 Å². The zero-order valence-corrected chi connectivity index (χ0v) is 14.2. The average Bonchev–Trinajstić information content (AvgIpc) is 3.00. The summed E-state index contributed by atoms with van der Waals surface area (Å²) < 4.78 is 2.49. The van der Waals surface area contributed by atoms with Gasteiger partial charge in [-0.05, 0) is 42.1 Å². The minimum absolute atomic E-state index is 0.434. The smallest absolute Gasteiger partial charge is 0.112 e. The summed E-state index contributed by atoms with van der Waals surface area (Å²) in [6.45, 7) is 6.05. The third-order valence-corrected chi connectivity index (χ3v) is 6.45. The first-order valence-electron chi connectivity index (χ1n) is 8.94. The molecule has 0 N–H and O–H groups in total. The van der Waals surface area contributed by atoms with Crippen LogP contribution in [0, 0.1) is 5.41 Å². The van der Waals surface area contributed by atoms with Crippen LogP contribution in [-0.2, 0) is 6.54 Å². The van der Waals surface area contributed by atoms with E-state index in [4.69, 9.17) is 4.98 Å². The highest BCUT2D eigenvalue weighted by Gasteiger charge is 2.42. The lowest BCUT2D eigenvalue weighted by Crippen LogP contribution is -2.22. The predicted molar refractivity (Wildman–Crippen MR) is 95.2 cm³/mol. The zero-order valence-electron chi connectivity index (χ0n) is 14.2. The fourth-order valence-corrected chi connectivity index (χ4v) is 4.84. The zero-order chi connectivity index (χ0) is 15.4. The molecule has 4 rings (SSSR count). The summed E-state index contributed by atoms with van der Waals surface area (Å²) in [5.74, 6) is 2.01. The van der Waals surface area contributed by atoms with E-state index >= 15 is 0 Å². The Labute approximate surface area is 134 Å². The van der Waals surface area contributed by atoms with Gasteiger partial charge in [0, 0.05) is 12.5 Å².